The molecule has 0 fully saturated rings. The highest BCUT2D eigenvalue weighted by molar-refractivity contribution is 9.10. The van der Waals surface area contributed by atoms with Crippen LogP contribution in [0.4, 0.5) is 5.69 Å². The molecule has 3 aromatic carbocycles. The molecule has 0 saturated carbocycles. The van der Waals surface area contributed by atoms with Crippen molar-refractivity contribution in [3.8, 4) is 5.75 Å². The molecule has 3 aromatic rings. The van der Waals surface area contributed by atoms with E-state index in [1.165, 1.54) is 0 Å². The zero-order chi connectivity index (χ0) is 24.5. The third-order valence-corrected chi connectivity index (χ3v) is 8.04. The van der Waals surface area contributed by atoms with Crippen molar-refractivity contribution in [3.05, 3.63) is 88.4 Å². The summed E-state index contributed by atoms with van der Waals surface area (Å²) in [5.41, 5.74) is 1.78. The molecule has 1 unspecified atom stereocenters. The van der Waals surface area contributed by atoms with Crippen LogP contribution in [0.2, 0.25) is 0 Å². The summed E-state index contributed by atoms with van der Waals surface area (Å²) in [6.07, 6.45) is 0.568. The molecule has 8 heteroatoms. The highest BCUT2D eigenvalue weighted by Crippen LogP contribution is 2.39. The van der Waals surface area contributed by atoms with Crippen LogP contribution in [0.25, 0.3) is 0 Å². The molecule has 0 saturated heterocycles. The molecule has 0 bridgehead atoms. The number of aryl methyl sites for hydroxylation is 1. The van der Waals surface area contributed by atoms with Crippen molar-refractivity contribution >= 4 is 37.5 Å². The van der Waals surface area contributed by atoms with Crippen LogP contribution in [0, 0.1) is 6.92 Å². The Labute approximate surface area is 209 Å². The van der Waals surface area contributed by atoms with Crippen molar-refractivity contribution in [1.82, 2.24) is 5.32 Å². The quantitative estimate of drug-likeness (QED) is 0.454. The maximum atomic E-state index is 13.6. The van der Waals surface area contributed by atoms with E-state index < -0.39 is 21.5 Å². The van der Waals surface area contributed by atoms with Gasteiger partial charge in [-0.15, -0.1) is 0 Å². The van der Waals surface area contributed by atoms with Crippen molar-refractivity contribution in [2.75, 3.05) is 10.8 Å². The van der Waals surface area contributed by atoms with E-state index in [1.807, 2.05) is 45.0 Å². The Kier molecular flexibility index (Phi) is 6.73. The minimum atomic E-state index is -3.97. The first-order valence-corrected chi connectivity index (χ1v) is 13.2. The number of nitrogens with zero attached hydrogens (tertiary/aromatic N) is 1. The van der Waals surface area contributed by atoms with Crippen molar-refractivity contribution in [2.45, 2.75) is 43.7 Å². The topological polar surface area (TPSA) is 75.7 Å². The van der Waals surface area contributed by atoms with Crippen molar-refractivity contribution in [1.29, 1.82) is 0 Å². The first kappa shape index (κ1) is 24.3. The fourth-order valence-electron chi connectivity index (χ4n) is 4.06. The van der Waals surface area contributed by atoms with Gasteiger partial charge in [0.2, 0.25) is 5.91 Å². The van der Waals surface area contributed by atoms with E-state index >= 15 is 0 Å². The second-order valence-electron chi connectivity index (χ2n) is 9.02. The number of halogens is 1. The SMILES string of the molecule is Cc1ccc(S(=O)(=O)N(CC(=O)NC2CC(C)(C)Oc3ccccc32)c2ccc(Br)cc2)cc1. The summed E-state index contributed by atoms with van der Waals surface area (Å²) in [7, 11) is -3.97. The van der Waals surface area contributed by atoms with Gasteiger partial charge >= 0.3 is 0 Å². The Balaban J connectivity index is 1.64. The fourth-order valence-corrected chi connectivity index (χ4v) is 5.75. The average molecular weight is 543 g/mol. The van der Waals surface area contributed by atoms with Gasteiger partial charge in [0.1, 0.15) is 17.9 Å². The van der Waals surface area contributed by atoms with Crippen LogP contribution in [0.5, 0.6) is 5.75 Å². The third-order valence-electron chi connectivity index (χ3n) is 5.72. The Hall–Kier alpha value is -2.84. The number of hydrogen-bond acceptors (Lipinski definition) is 4. The molecular weight excluding hydrogens is 516 g/mol. The molecule has 0 aromatic heterocycles. The number of amides is 1. The smallest absolute Gasteiger partial charge is 0.264 e. The number of carbonyl (C=O) groups excluding carboxylic acids is 1. The van der Waals surface area contributed by atoms with Crippen molar-refractivity contribution in [2.24, 2.45) is 0 Å². The zero-order valence-electron chi connectivity index (χ0n) is 19.3. The largest absolute Gasteiger partial charge is 0.487 e. The number of nitrogens with one attached hydrogen (secondary N) is 1. The number of sulfonamides is 1. The summed E-state index contributed by atoms with van der Waals surface area (Å²) in [5, 5.41) is 3.04. The molecule has 1 amide bonds. The Morgan fingerprint density at radius 1 is 1.06 bits per heavy atom. The number of anilines is 1. The molecule has 1 atom stereocenters. The Morgan fingerprint density at radius 2 is 1.71 bits per heavy atom. The van der Waals surface area contributed by atoms with Gasteiger partial charge in [0.05, 0.1) is 16.6 Å². The fraction of sp³-hybridized carbons (Fsp3) is 0.269. The highest BCUT2D eigenvalue weighted by Gasteiger charge is 2.35. The predicted octanol–water partition coefficient (Wildman–Crippen LogP) is 5.37. The molecule has 6 nitrogen and oxygen atoms in total. The van der Waals surface area contributed by atoms with Crippen LogP contribution in [0.3, 0.4) is 0 Å². The molecule has 1 heterocycles. The lowest BCUT2D eigenvalue weighted by molar-refractivity contribution is -0.120. The molecule has 178 valence electrons. The van der Waals surface area contributed by atoms with Crippen LogP contribution in [-0.4, -0.2) is 26.5 Å². The standard InChI is InChI=1S/C26H27BrN2O4S/c1-18-8-14-21(15-9-18)34(31,32)29(20-12-10-19(27)11-13-20)17-25(30)28-23-16-26(2,3)33-24-7-5-4-6-22(23)24/h4-15,23H,16-17H2,1-3H3,(H,28,30). The Morgan fingerprint density at radius 3 is 2.38 bits per heavy atom. The summed E-state index contributed by atoms with van der Waals surface area (Å²) in [5.74, 6) is 0.331. The van der Waals surface area contributed by atoms with Crippen LogP contribution in [0.15, 0.2) is 82.2 Å². The maximum Gasteiger partial charge on any atom is 0.264 e. The molecular formula is C26H27BrN2O4S. The number of carbonyl (C=O) groups is 1. The van der Waals surface area contributed by atoms with Gasteiger partial charge in [-0.05, 0) is 63.2 Å². The summed E-state index contributed by atoms with van der Waals surface area (Å²) in [6, 6.07) is 20.8. The van der Waals surface area contributed by atoms with E-state index in [-0.39, 0.29) is 17.5 Å². The second kappa shape index (κ2) is 9.43. The average Bonchev–Trinajstić information content (AvgIpc) is 2.77. The third kappa shape index (κ3) is 5.28. The number of para-hydroxylation sites is 1. The maximum absolute atomic E-state index is 13.6. The van der Waals surface area contributed by atoms with E-state index in [4.69, 9.17) is 4.74 Å². The van der Waals surface area contributed by atoms with Gasteiger partial charge in [0.15, 0.2) is 0 Å². The van der Waals surface area contributed by atoms with Gasteiger partial charge in [-0.2, -0.15) is 0 Å². The van der Waals surface area contributed by atoms with Gasteiger partial charge in [-0.25, -0.2) is 8.42 Å². The zero-order valence-corrected chi connectivity index (χ0v) is 21.7. The minimum Gasteiger partial charge on any atom is -0.487 e. The molecule has 4 rings (SSSR count). The summed E-state index contributed by atoms with van der Waals surface area (Å²) < 4.78 is 35.2. The molecule has 34 heavy (non-hydrogen) atoms. The Bertz CT molecular complexity index is 1290. The lowest BCUT2D eigenvalue weighted by Crippen LogP contribution is -2.45. The monoisotopic (exact) mass is 542 g/mol. The second-order valence-corrected chi connectivity index (χ2v) is 11.8. The van der Waals surface area contributed by atoms with Crippen molar-refractivity contribution in [3.63, 3.8) is 0 Å². The van der Waals surface area contributed by atoms with Crippen LogP contribution >= 0.6 is 15.9 Å². The number of hydrogen-bond donors (Lipinski definition) is 1. The molecule has 1 N–H and O–H groups in total. The molecule has 1 aliphatic rings. The normalized spacial score (nSPS) is 16.8. The number of rotatable bonds is 6. The highest BCUT2D eigenvalue weighted by atomic mass is 79.9. The first-order valence-electron chi connectivity index (χ1n) is 11.0. The molecule has 1 aliphatic heterocycles. The van der Waals surface area contributed by atoms with Gasteiger partial charge in [0.25, 0.3) is 10.0 Å². The minimum absolute atomic E-state index is 0.131. The molecule has 0 aliphatic carbocycles. The van der Waals surface area contributed by atoms with Crippen LogP contribution in [0.1, 0.15) is 37.4 Å². The number of ether oxygens (including phenoxy) is 1. The van der Waals surface area contributed by atoms with E-state index in [1.54, 1.807) is 48.5 Å². The van der Waals surface area contributed by atoms with Gasteiger partial charge in [-0.3, -0.25) is 9.10 Å². The molecule has 0 radical (unpaired) electrons. The van der Waals surface area contributed by atoms with E-state index in [0.717, 1.165) is 25.7 Å². The molecule has 0 spiro atoms. The lowest BCUT2D eigenvalue weighted by atomic mass is 9.89. The number of benzene rings is 3. The summed E-state index contributed by atoms with van der Waals surface area (Å²) in [6.45, 7) is 5.48. The lowest BCUT2D eigenvalue weighted by Gasteiger charge is -2.38. The number of fused-ring (bicyclic) bond motifs is 1. The van der Waals surface area contributed by atoms with Crippen LogP contribution in [-0.2, 0) is 14.8 Å². The summed E-state index contributed by atoms with van der Waals surface area (Å²) >= 11 is 3.38. The van der Waals surface area contributed by atoms with Gasteiger partial charge in [0, 0.05) is 16.5 Å². The summed E-state index contributed by atoms with van der Waals surface area (Å²) in [4.78, 5) is 13.4. The van der Waals surface area contributed by atoms with Crippen molar-refractivity contribution < 1.29 is 17.9 Å². The van der Waals surface area contributed by atoms with E-state index in [0.29, 0.717) is 12.1 Å². The van der Waals surface area contributed by atoms with E-state index in [2.05, 4.69) is 21.2 Å². The van der Waals surface area contributed by atoms with Gasteiger partial charge in [-0.1, -0.05) is 51.8 Å². The van der Waals surface area contributed by atoms with Gasteiger partial charge < -0.3 is 10.1 Å². The van der Waals surface area contributed by atoms with E-state index in [9.17, 15) is 13.2 Å². The first-order chi connectivity index (χ1) is 16.0. The predicted molar refractivity (Wildman–Crippen MR) is 137 cm³/mol. The van der Waals surface area contributed by atoms with Crippen LogP contribution < -0.4 is 14.4 Å².